The largest absolute Gasteiger partial charge is 0.412 e. The van der Waals surface area contributed by atoms with Gasteiger partial charge in [-0.3, -0.25) is 0 Å². The molecule has 0 spiro atoms. The molecule has 0 aliphatic carbocycles. The first-order chi connectivity index (χ1) is 8.13. The summed E-state index contributed by atoms with van der Waals surface area (Å²) in [6.07, 6.45) is 5.73. The molecule has 96 valence electrons. The van der Waals surface area contributed by atoms with Crippen LogP contribution in [-0.2, 0) is 4.74 Å². The molecule has 0 radical (unpaired) electrons. The van der Waals surface area contributed by atoms with Crippen molar-refractivity contribution in [2.24, 2.45) is 5.73 Å². The highest BCUT2D eigenvalue weighted by atomic mass is 16.6. The second kappa shape index (κ2) is 9.66. The Bertz CT molecular complexity index is 296. The van der Waals surface area contributed by atoms with Crippen LogP contribution in [0.5, 0.6) is 0 Å². The van der Waals surface area contributed by atoms with E-state index in [2.05, 4.69) is 25.4 Å². The summed E-state index contributed by atoms with van der Waals surface area (Å²) < 4.78 is 5.03. The number of nitrogens with two attached hydrogens (primary N) is 1. The molecule has 0 bridgehead atoms. The minimum Gasteiger partial charge on any atom is -0.410 e. The van der Waals surface area contributed by atoms with Crippen molar-refractivity contribution in [1.29, 1.82) is 0 Å². The van der Waals surface area contributed by atoms with Gasteiger partial charge in [0.25, 0.3) is 0 Å². The Morgan fingerprint density at radius 2 is 2.18 bits per heavy atom. The van der Waals surface area contributed by atoms with E-state index in [9.17, 15) is 4.79 Å². The maximum absolute atomic E-state index is 11.4. The Labute approximate surface area is 103 Å². The minimum absolute atomic E-state index is 0.318. The fourth-order valence-electron chi connectivity index (χ4n) is 1.10. The molecule has 0 aromatic rings. The molecule has 0 saturated heterocycles. The maximum atomic E-state index is 11.4. The summed E-state index contributed by atoms with van der Waals surface area (Å²) in [7, 11) is 0. The average Bonchev–Trinajstić information content (AvgIpc) is 2.33. The first-order valence-corrected chi connectivity index (χ1v) is 5.81. The van der Waals surface area contributed by atoms with Crippen LogP contribution in [0.25, 0.3) is 0 Å². The molecule has 0 saturated carbocycles. The molecule has 0 atom stereocenters. The van der Waals surface area contributed by atoms with E-state index < -0.39 is 6.09 Å². The zero-order chi connectivity index (χ0) is 13.1. The zero-order valence-electron chi connectivity index (χ0n) is 10.5. The Balaban J connectivity index is 4.03. The number of hydrogen-bond acceptors (Lipinski definition) is 3. The summed E-state index contributed by atoms with van der Waals surface area (Å²) in [5, 5.41) is 2.66. The summed E-state index contributed by atoms with van der Waals surface area (Å²) in [5.74, 6) is 0.355. The maximum Gasteiger partial charge on any atom is 0.412 e. The van der Waals surface area contributed by atoms with E-state index in [0.717, 1.165) is 19.3 Å². The van der Waals surface area contributed by atoms with Gasteiger partial charge in [0.2, 0.25) is 0 Å². The number of rotatable bonds is 8. The molecule has 0 aliphatic heterocycles. The van der Waals surface area contributed by atoms with Crippen LogP contribution in [0.3, 0.4) is 0 Å². The Kier molecular flexibility index (Phi) is 8.78. The lowest BCUT2D eigenvalue weighted by Gasteiger charge is -2.07. The molecule has 4 heteroatoms. The lowest BCUT2D eigenvalue weighted by molar-refractivity contribution is 0.179. The van der Waals surface area contributed by atoms with Gasteiger partial charge in [-0.2, -0.15) is 0 Å². The van der Waals surface area contributed by atoms with Crippen LogP contribution in [0.15, 0.2) is 36.6 Å². The summed E-state index contributed by atoms with van der Waals surface area (Å²) >= 11 is 0. The van der Waals surface area contributed by atoms with Crippen LogP contribution < -0.4 is 11.1 Å². The summed E-state index contributed by atoms with van der Waals surface area (Å²) in [5.41, 5.74) is 6.06. The van der Waals surface area contributed by atoms with E-state index in [4.69, 9.17) is 10.5 Å². The van der Waals surface area contributed by atoms with Gasteiger partial charge in [-0.25, -0.2) is 4.79 Å². The van der Waals surface area contributed by atoms with Crippen molar-refractivity contribution in [2.75, 3.05) is 13.1 Å². The second-order valence-electron chi connectivity index (χ2n) is 3.64. The van der Waals surface area contributed by atoms with E-state index in [0.29, 0.717) is 24.4 Å². The predicted molar refractivity (Wildman–Crippen MR) is 70.5 cm³/mol. The lowest BCUT2D eigenvalue weighted by atomic mass is 10.2. The molecular formula is C13H22N2O2. The van der Waals surface area contributed by atoms with Gasteiger partial charge in [0.1, 0.15) is 5.76 Å². The highest BCUT2D eigenvalue weighted by molar-refractivity contribution is 5.68. The molecule has 0 rings (SSSR count). The van der Waals surface area contributed by atoms with Crippen molar-refractivity contribution in [3.05, 3.63) is 36.6 Å². The van der Waals surface area contributed by atoms with E-state index in [1.54, 1.807) is 6.08 Å². The van der Waals surface area contributed by atoms with E-state index >= 15 is 0 Å². The number of alkyl carbamates (subject to hydrolysis) is 1. The molecule has 1 amide bonds. The van der Waals surface area contributed by atoms with Gasteiger partial charge in [0, 0.05) is 13.1 Å². The molecule has 3 N–H and O–H groups in total. The molecule has 0 fully saturated rings. The monoisotopic (exact) mass is 238 g/mol. The number of amides is 1. The van der Waals surface area contributed by atoms with Crippen LogP contribution in [0, 0.1) is 0 Å². The van der Waals surface area contributed by atoms with Crippen molar-refractivity contribution >= 4 is 6.09 Å². The number of carbonyl (C=O) groups excluding carboxylic acids is 1. The number of unbranched alkanes of at least 4 members (excludes halogenated alkanes) is 2. The second-order valence-corrected chi connectivity index (χ2v) is 3.64. The van der Waals surface area contributed by atoms with Gasteiger partial charge >= 0.3 is 6.09 Å². The molecule has 0 aliphatic rings. The fraction of sp³-hybridized carbons (Fsp3) is 0.462. The summed E-state index contributed by atoms with van der Waals surface area (Å²) in [6, 6.07) is 0. The highest BCUT2D eigenvalue weighted by Gasteiger charge is 2.03. The molecule has 0 heterocycles. The van der Waals surface area contributed by atoms with E-state index in [-0.39, 0.29) is 0 Å². The fourth-order valence-corrected chi connectivity index (χ4v) is 1.10. The Hall–Kier alpha value is -1.55. The van der Waals surface area contributed by atoms with Crippen molar-refractivity contribution in [3.63, 3.8) is 0 Å². The van der Waals surface area contributed by atoms with Crippen LogP contribution >= 0.6 is 0 Å². The normalized spacial score (nSPS) is 10.8. The molecule has 0 aromatic carbocycles. The standard InChI is InChI=1S/C13H22N2O2/c1-4-6-7-8-15-13(16)17-12(5-2)9-11(3)10-14/h5,9H,2-4,6-8,10,14H2,1H3,(H,15,16)/b12-9+. The van der Waals surface area contributed by atoms with Crippen LogP contribution in [0.2, 0.25) is 0 Å². The number of carbonyl (C=O) groups is 1. The van der Waals surface area contributed by atoms with Crippen molar-refractivity contribution in [2.45, 2.75) is 26.2 Å². The van der Waals surface area contributed by atoms with Crippen molar-refractivity contribution < 1.29 is 9.53 Å². The third-order valence-electron chi connectivity index (χ3n) is 2.07. The quantitative estimate of drug-likeness (QED) is 0.388. The van der Waals surface area contributed by atoms with Gasteiger partial charge < -0.3 is 15.8 Å². The summed E-state index contributed by atoms with van der Waals surface area (Å²) in [6.45, 7) is 10.3. The van der Waals surface area contributed by atoms with Crippen LogP contribution in [0.4, 0.5) is 4.79 Å². The van der Waals surface area contributed by atoms with Gasteiger partial charge in [-0.15, -0.1) is 0 Å². The predicted octanol–water partition coefficient (Wildman–Crippen LogP) is 2.49. The highest BCUT2D eigenvalue weighted by Crippen LogP contribution is 2.03. The summed E-state index contributed by atoms with van der Waals surface area (Å²) in [4.78, 5) is 11.4. The smallest absolute Gasteiger partial charge is 0.410 e. The first-order valence-electron chi connectivity index (χ1n) is 5.81. The zero-order valence-corrected chi connectivity index (χ0v) is 10.5. The van der Waals surface area contributed by atoms with Crippen LogP contribution in [-0.4, -0.2) is 19.2 Å². The third-order valence-corrected chi connectivity index (χ3v) is 2.07. The number of allylic oxidation sites excluding steroid dienone is 1. The van der Waals surface area contributed by atoms with Crippen LogP contribution in [0.1, 0.15) is 26.2 Å². The molecule has 4 nitrogen and oxygen atoms in total. The van der Waals surface area contributed by atoms with Gasteiger partial charge in [-0.1, -0.05) is 32.9 Å². The van der Waals surface area contributed by atoms with Crippen molar-refractivity contribution in [1.82, 2.24) is 5.32 Å². The number of hydrogen-bond donors (Lipinski definition) is 2. The lowest BCUT2D eigenvalue weighted by Crippen LogP contribution is -2.24. The SMILES string of the molecule is C=C/C(=C\C(=C)CN)OC(=O)NCCCCC. The Morgan fingerprint density at radius 1 is 1.47 bits per heavy atom. The molecular weight excluding hydrogens is 216 g/mol. The van der Waals surface area contributed by atoms with Gasteiger partial charge in [0.05, 0.1) is 0 Å². The van der Waals surface area contributed by atoms with E-state index in [1.165, 1.54) is 6.08 Å². The number of nitrogens with one attached hydrogen (secondary N) is 1. The molecule has 17 heavy (non-hydrogen) atoms. The molecule has 0 aromatic heterocycles. The van der Waals surface area contributed by atoms with E-state index in [1.807, 2.05) is 0 Å². The number of ether oxygens (including phenoxy) is 1. The third kappa shape index (κ3) is 8.28. The molecule has 0 unspecified atom stereocenters. The minimum atomic E-state index is -0.475. The topological polar surface area (TPSA) is 64.3 Å². The van der Waals surface area contributed by atoms with Gasteiger partial charge in [-0.05, 0) is 24.1 Å². The van der Waals surface area contributed by atoms with Gasteiger partial charge in [0.15, 0.2) is 0 Å². The first kappa shape index (κ1) is 15.4. The van der Waals surface area contributed by atoms with Crippen molar-refractivity contribution in [3.8, 4) is 0 Å². The Morgan fingerprint density at radius 3 is 2.71 bits per heavy atom. The average molecular weight is 238 g/mol.